The van der Waals surface area contributed by atoms with Crippen molar-refractivity contribution in [3.05, 3.63) is 35.9 Å². The molecule has 0 saturated carbocycles. The second-order valence-corrected chi connectivity index (χ2v) is 4.62. The van der Waals surface area contributed by atoms with E-state index >= 15 is 0 Å². The monoisotopic (exact) mass is 359 g/mol. The minimum Gasteiger partial charge on any atom is -0.370 e. The Bertz CT molecular complexity index is 378. The van der Waals surface area contributed by atoms with Gasteiger partial charge in [0, 0.05) is 19.6 Å². The molecule has 0 amide bonds. The van der Waals surface area contributed by atoms with Crippen LogP contribution in [0.25, 0.3) is 0 Å². The Morgan fingerprint density at radius 2 is 2.11 bits per heavy atom. The fraction of sp³-hybridized carbons (Fsp3) is 0.500. The molecule has 1 saturated heterocycles. The molecule has 1 aliphatic heterocycles. The molecule has 1 fully saturated rings. The molecule has 100 valence electrons. The summed E-state index contributed by atoms with van der Waals surface area (Å²) in [6, 6.07) is 10.7. The second-order valence-electron chi connectivity index (χ2n) is 4.62. The summed E-state index contributed by atoms with van der Waals surface area (Å²) in [6.45, 7) is 4.88. The SMILES string of the molecule is CCN=C(N)N1CCC(Cc2ccccc2)C1.I. The third-order valence-electron chi connectivity index (χ3n) is 3.30. The van der Waals surface area contributed by atoms with E-state index in [9.17, 15) is 0 Å². The molecule has 1 atom stereocenters. The predicted octanol–water partition coefficient (Wildman–Crippen LogP) is 2.50. The number of nitrogens with two attached hydrogens (primary N) is 1. The number of guanidine groups is 1. The molecule has 1 unspecified atom stereocenters. The van der Waals surface area contributed by atoms with Gasteiger partial charge in [-0.2, -0.15) is 0 Å². The van der Waals surface area contributed by atoms with Gasteiger partial charge in [-0.1, -0.05) is 30.3 Å². The first-order valence-corrected chi connectivity index (χ1v) is 6.38. The summed E-state index contributed by atoms with van der Waals surface area (Å²) < 4.78 is 0. The topological polar surface area (TPSA) is 41.6 Å². The highest BCUT2D eigenvalue weighted by Gasteiger charge is 2.23. The van der Waals surface area contributed by atoms with E-state index in [0.717, 1.165) is 26.1 Å². The van der Waals surface area contributed by atoms with Crippen LogP contribution in [-0.2, 0) is 6.42 Å². The summed E-state index contributed by atoms with van der Waals surface area (Å²) in [6.07, 6.45) is 2.37. The third-order valence-corrected chi connectivity index (χ3v) is 3.30. The molecule has 2 rings (SSSR count). The maximum atomic E-state index is 5.92. The molecule has 1 heterocycles. The summed E-state index contributed by atoms with van der Waals surface area (Å²) in [5.74, 6) is 1.42. The quantitative estimate of drug-likeness (QED) is 0.512. The number of hydrogen-bond acceptors (Lipinski definition) is 1. The number of aliphatic imine (C=N–C) groups is 1. The first-order chi connectivity index (χ1) is 8.29. The molecule has 0 bridgehead atoms. The lowest BCUT2D eigenvalue weighted by Gasteiger charge is -2.17. The Kier molecular flexibility index (Phi) is 6.46. The van der Waals surface area contributed by atoms with Gasteiger partial charge in [0.05, 0.1) is 0 Å². The zero-order chi connectivity index (χ0) is 12.1. The smallest absolute Gasteiger partial charge is 0.191 e. The van der Waals surface area contributed by atoms with E-state index in [1.165, 1.54) is 12.0 Å². The number of halogens is 1. The minimum atomic E-state index is 0. The van der Waals surface area contributed by atoms with E-state index < -0.39 is 0 Å². The van der Waals surface area contributed by atoms with Crippen molar-refractivity contribution < 1.29 is 0 Å². The number of rotatable bonds is 3. The molecular weight excluding hydrogens is 337 g/mol. The average molecular weight is 359 g/mol. The van der Waals surface area contributed by atoms with Crippen LogP contribution in [0.3, 0.4) is 0 Å². The largest absolute Gasteiger partial charge is 0.370 e. The van der Waals surface area contributed by atoms with E-state index in [2.05, 4.69) is 40.2 Å². The lowest BCUT2D eigenvalue weighted by molar-refractivity contribution is 0.472. The van der Waals surface area contributed by atoms with Crippen LogP contribution in [0.5, 0.6) is 0 Å². The third kappa shape index (κ3) is 4.15. The van der Waals surface area contributed by atoms with Crippen LogP contribution < -0.4 is 5.73 Å². The number of benzene rings is 1. The molecule has 1 aliphatic rings. The van der Waals surface area contributed by atoms with Crippen molar-refractivity contribution in [1.29, 1.82) is 0 Å². The van der Waals surface area contributed by atoms with Gasteiger partial charge < -0.3 is 10.6 Å². The Morgan fingerprint density at radius 1 is 1.39 bits per heavy atom. The van der Waals surface area contributed by atoms with Gasteiger partial charge in [-0.15, -0.1) is 24.0 Å². The van der Waals surface area contributed by atoms with Gasteiger partial charge in [0.15, 0.2) is 5.96 Å². The molecular formula is C14H22IN3. The fourth-order valence-electron chi connectivity index (χ4n) is 2.42. The predicted molar refractivity (Wildman–Crippen MR) is 87.4 cm³/mol. The standard InChI is InChI=1S/C14H21N3.HI/c1-2-16-14(15)17-9-8-13(11-17)10-12-6-4-3-5-7-12;/h3-7,13H,2,8-11H2,1H3,(H2,15,16);1H. The second kappa shape index (κ2) is 7.61. The van der Waals surface area contributed by atoms with Crippen LogP contribution in [-0.4, -0.2) is 30.5 Å². The molecule has 0 aromatic heterocycles. The molecule has 2 N–H and O–H groups in total. The van der Waals surface area contributed by atoms with Gasteiger partial charge in [-0.3, -0.25) is 4.99 Å². The number of hydrogen-bond donors (Lipinski definition) is 1. The van der Waals surface area contributed by atoms with E-state index in [-0.39, 0.29) is 24.0 Å². The Hall–Kier alpha value is -0.780. The maximum absolute atomic E-state index is 5.92. The van der Waals surface area contributed by atoms with Gasteiger partial charge >= 0.3 is 0 Å². The Labute approximate surface area is 126 Å². The molecule has 0 spiro atoms. The van der Waals surface area contributed by atoms with Crippen LogP contribution in [0.4, 0.5) is 0 Å². The van der Waals surface area contributed by atoms with E-state index in [1.54, 1.807) is 0 Å². The summed E-state index contributed by atoms with van der Waals surface area (Å²) in [4.78, 5) is 6.47. The molecule has 18 heavy (non-hydrogen) atoms. The van der Waals surface area contributed by atoms with Gasteiger partial charge in [0.2, 0.25) is 0 Å². The zero-order valence-corrected chi connectivity index (χ0v) is 13.2. The highest BCUT2D eigenvalue weighted by Crippen LogP contribution is 2.20. The van der Waals surface area contributed by atoms with Crippen LogP contribution in [0.15, 0.2) is 35.3 Å². The van der Waals surface area contributed by atoms with Crippen molar-refractivity contribution >= 4 is 29.9 Å². The Morgan fingerprint density at radius 3 is 2.78 bits per heavy atom. The van der Waals surface area contributed by atoms with Crippen molar-refractivity contribution in [3.63, 3.8) is 0 Å². The highest BCUT2D eigenvalue weighted by atomic mass is 127. The first-order valence-electron chi connectivity index (χ1n) is 6.38. The van der Waals surface area contributed by atoms with Crippen molar-refractivity contribution in [2.75, 3.05) is 19.6 Å². The van der Waals surface area contributed by atoms with Crippen molar-refractivity contribution in [2.45, 2.75) is 19.8 Å². The fourth-order valence-corrected chi connectivity index (χ4v) is 2.42. The Balaban J connectivity index is 0.00000162. The summed E-state index contributed by atoms with van der Waals surface area (Å²) >= 11 is 0. The summed E-state index contributed by atoms with van der Waals surface area (Å²) in [5, 5.41) is 0. The molecule has 3 nitrogen and oxygen atoms in total. The molecule has 1 aromatic carbocycles. The van der Waals surface area contributed by atoms with E-state index in [4.69, 9.17) is 5.73 Å². The number of nitrogens with zero attached hydrogens (tertiary/aromatic N) is 2. The van der Waals surface area contributed by atoms with Crippen LogP contribution in [0, 0.1) is 5.92 Å². The van der Waals surface area contributed by atoms with Crippen molar-refractivity contribution in [2.24, 2.45) is 16.6 Å². The average Bonchev–Trinajstić information content (AvgIpc) is 2.79. The molecule has 1 aromatic rings. The van der Waals surface area contributed by atoms with E-state index in [0.29, 0.717) is 11.9 Å². The van der Waals surface area contributed by atoms with Crippen LogP contribution in [0.2, 0.25) is 0 Å². The molecule has 4 heteroatoms. The first kappa shape index (κ1) is 15.3. The van der Waals surface area contributed by atoms with Gasteiger partial charge in [0.1, 0.15) is 0 Å². The van der Waals surface area contributed by atoms with Gasteiger partial charge in [-0.05, 0) is 31.2 Å². The summed E-state index contributed by atoms with van der Waals surface area (Å²) in [5.41, 5.74) is 7.34. The normalized spacial score (nSPS) is 19.7. The zero-order valence-electron chi connectivity index (χ0n) is 10.9. The van der Waals surface area contributed by atoms with Crippen LogP contribution >= 0.6 is 24.0 Å². The molecule has 0 radical (unpaired) electrons. The minimum absolute atomic E-state index is 0. The van der Waals surface area contributed by atoms with E-state index in [1.807, 2.05) is 6.92 Å². The highest BCUT2D eigenvalue weighted by molar-refractivity contribution is 14.0. The van der Waals surface area contributed by atoms with Crippen LogP contribution in [0.1, 0.15) is 18.9 Å². The lowest BCUT2D eigenvalue weighted by Crippen LogP contribution is -2.35. The maximum Gasteiger partial charge on any atom is 0.191 e. The van der Waals surface area contributed by atoms with Crippen molar-refractivity contribution in [1.82, 2.24) is 4.90 Å². The number of likely N-dealkylation sites (tertiary alicyclic amines) is 1. The summed E-state index contributed by atoms with van der Waals surface area (Å²) in [7, 11) is 0. The lowest BCUT2D eigenvalue weighted by atomic mass is 9.99. The van der Waals surface area contributed by atoms with Crippen molar-refractivity contribution in [3.8, 4) is 0 Å². The van der Waals surface area contributed by atoms with Gasteiger partial charge in [-0.25, -0.2) is 0 Å². The molecule has 0 aliphatic carbocycles. The van der Waals surface area contributed by atoms with Gasteiger partial charge in [0.25, 0.3) is 0 Å².